The van der Waals surface area contributed by atoms with Crippen LogP contribution in [0.15, 0.2) is 42.6 Å². The highest BCUT2D eigenvalue weighted by molar-refractivity contribution is 5.99. The second kappa shape index (κ2) is 9.46. The van der Waals surface area contributed by atoms with Crippen molar-refractivity contribution in [1.82, 2.24) is 9.88 Å². The van der Waals surface area contributed by atoms with Crippen LogP contribution >= 0.6 is 0 Å². The molecule has 180 valence electrons. The minimum Gasteiger partial charge on any atom is -0.496 e. The van der Waals surface area contributed by atoms with Gasteiger partial charge in [0.25, 0.3) is 5.91 Å². The number of carboxylic acid groups (broad SMARTS) is 1. The van der Waals surface area contributed by atoms with E-state index in [2.05, 4.69) is 31.8 Å². The third kappa shape index (κ3) is 4.50. The van der Waals surface area contributed by atoms with Gasteiger partial charge in [0, 0.05) is 11.8 Å². The molecule has 1 N–H and O–H groups in total. The zero-order chi connectivity index (χ0) is 25.3. The van der Waals surface area contributed by atoms with Crippen LogP contribution in [0.1, 0.15) is 75.1 Å². The van der Waals surface area contributed by atoms with E-state index in [9.17, 15) is 20.0 Å². The van der Waals surface area contributed by atoms with E-state index in [4.69, 9.17) is 4.74 Å². The number of rotatable bonds is 6. The average molecular weight is 464 g/mol. The molecule has 0 spiro atoms. The maximum Gasteiger partial charge on any atom is 0.329 e. The number of aliphatic carboxylic acids is 1. The molecule has 3 atom stereocenters. The van der Waals surface area contributed by atoms with Gasteiger partial charge in [-0.05, 0) is 54.0 Å². The monoisotopic (exact) mass is 463 g/mol. The number of pyridine rings is 1. The van der Waals surface area contributed by atoms with Crippen molar-refractivity contribution in [2.24, 2.45) is 11.8 Å². The zero-order valence-electron chi connectivity index (χ0n) is 20.7. The Labute approximate surface area is 201 Å². The number of amides is 1. The molecule has 0 unspecified atom stereocenters. The zero-order valence-corrected chi connectivity index (χ0v) is 20.7. The molecule has 0 bridgehead atoms. The number of methoxy groups -OCH3 is 1. The van der Waals surface area contributed by atoms with Crippen LogP contribution in [0, 0.1) is 23.2 Å². The summed E-state index contributed by atoms with van der Waals surface area (Å²) in [5.41, 5.74) is 0.0389. The fourth-order valence-electron chi connectivity index (χ4n) is 5.06. The molecule has 2 aromatic rings. The van der Waals surface area contributed by atoms with E-state index in [1.165, 1.54) is 4.90 Å². The molecular weight excluding hydrogens is 430 g/mol. The first-order chi connectivity index (χ1) is 16.0. The lowest BCUT2D eigenvalue weighted by atomic mass is 9.83. The minimum absolute atomic E-state index is 0.00831. The fourth-order valence-corrected chi connectivity index (χ4v) is 5.06. The summed E-state index contributed by atoms with van der Waals surface area (Å²) in [5.74, 6) is -1.70. The van der Waals surface area contributed by atoms with E-state index >= 15 is 0 Å². The average Bonchev–Trinajstić information content (AvgIpc) is 3.12. The van der Waals surface area contributed by atoms with Gasteiger partial charge in [-0.2, -0.15) is 5.26 Å². The van der Waals surface area contributed by atoms with Gasteiger partial charge in [0.05, 0.1) is 30.8 Å². The predicted molar refractivity (Wildman–Crippen MR) is 128 cm³/mol. The molecule has 7 heteroatoms. The van der Waals surface area contributed by atoms with Gasteiger partial charge in [0.15, 0.2) is 0 Å². The summed E-state index contributed by atoms with van der Waals surface area (Å²) in [5, 5.41) is 20.5. The topological polar surface area (TPSA) is 104 Å². The smallest absolute Gasteiger partial charge is 0.329 e. The molecule has 0 radical (unpaired) electrons. The number of hydrogen-bond acceptors (Lipinski definition) is 5. The van der Waals surface area contributed by atoms with Crippen molar-refractivity contribution < 1.29 is 19.4 Å². The summed E-state index contributed by atoms with van der Waals surface area (Å²) in [6, 6.07) is 12.0. The van der Waals surface area contributed by atoms with Crippen molar-refractivity contribution in [3.05, 3.63) is 59.4 Å². The Bertz CT molecular complexity index is 1100. The minimum atomic E-state index is -1.52. The Morgan fingerprint density at radius 3 is 2.50 bits per heavy atom. The number of nitriles is 1. The number of aromatic nitrogens is 1. The maximum atomic E-state index is 14.1. The number of hydrogen-bond donors (Lipinski definition) is 1. The maximum absolute atomic E-state index is 14.1. The predicted octanol–water partition coefficient (Wildman–Crippen LogP) is 4.98. The van der Waals surface area contributed by atoms with Crippen LogP contribution in [0.25, 0.3) is 0 Å². The molecule has 3 rings (SSSR count). The summed E-state index contributed by atoms with van der Waals surface area (Å²) in [6.07, 6.45) is 1.87. The Kier molecular flexibility index (Phi) is 7.02. The Hall–Kier alpha value is -3.40. The number of carboxylic acids is 1. The number of ether oxygens (including phenoxy) is 1. The molecule has 1 saturated heterocycles. The van der Waals surface area contributed by atoms with Crippen LogP contribution in [0.5, 0.6) is 5.75 Å². The third-order valence-corrected chi connectivity index (χ3v) is 6.45. The molecule has 1 amide bonds. The van der Waals surface area contributed by atoms with Crippen molar-refractivity contribution in [3.63, 3.8) is 0 Å². The standard InChI is InChI=1S/C27H33N3O4/c1-17(2)14-27(25(32)33)15-19(16-28)23(21-9-7-8-12-29-21)30(27)24(31)18-10-11-20(26(3,4)5)22(13-18)34-6/h7-13,17,19,23H,14-15H2,1-6H3,(H,32,33)/t19-,23+,27-/m0/s1. The molecular formula is C27H33N3O4. The van der Waals surface area contributed by atoms with Crippen LogP contribution in [-0.2, 0) is 10.2 Å². The molecule has 7 nitrogen and oxygen atoms in total. The Morgan fingerprint density at radius 1 is 1.29 bits per heavy atom. The number of likely N-dealkylation sites (tertiary alicyclic amines) is 1. The first-order valence-electron chi connectivity index (χ1n) is 11.5. The SMILES string of the molecule is COc1cc(C(=O)N2[C@@H](c3ccccn3)[C@H](C#N)C[C@@]2(CC(C)C)C(=O)O)ccc1C(C)(C)C. The Balaban J connectivity index is 2.22. The van der Waals surface area contributed by atoms with Crippen LogP contribution < -0.4 is 4.74 Å². The van der Waals surface area contributed by atoms with Crippen molar-refractivity contribution in [1.29, 1.82) is 5.26 Å². The largest absolute Gasteiger partial charge is 0.496 e. The number of nitrogens with zero attached hydrogens (tertiary/aromatic N) is 3. The quantitative estimate of drug-likeness (QED) is 0.648. The molecule has 1 aliphatic heterocycles. The van der Waals surface area contributed by atoms with E-state index in [1.807, 2.05) is 19.9 Å². The van der Waals surface area contributed by atoms with E-state index < -0.39 is 29.4 Å². The molecule has 1 aliphatic rings. The third-order valence-electron chi connectivity index (χ3n) is 6.45. The summed E-state index contributed by atoms with van der Waals surface area (Å²) < 4.78 is 5.59. The molecule has 1 aromatic heterocycles. The van der Waals surface area contributed by atoms with E-state index in [0.29, 0.717) is 17.0 Å². The highest BCUT2D eigenvalue weighted by Gasteiger charge is 2.59. The van der Waals surface area contributed by atoms with Crippen molar-refractivity contribution in [3.8, 4) is 11.8 Å². The number of carbonyl (C=O) groups is 2. The molecule has 1 fully saturated rings. The molecule has 0 saturated carbocycles. The van der Waals surface area contributed by atoms with Crippen LogP contribution in [0.2, 0.25) is 0 Å². The second-order valence-corrected chi connectivity index (χ2v) is 10.4. The molecule has 2 heterocycles. The van der Waals surface area contributed by atoms with Gasteiger partial charge in [-0.25, -0.2) is 4.79 Å². The number of carbonyl (C=O) groups excluding carboxylic acids is 1. The first kappa shape index (κ1) is 25.2. The normalized spacial score (nSPS) is 22.5. The van der Waals surface area contributed by atoms with Gasteiger partial charge in [0.2, 0.25) is 0 Å². The Morgan fingerprint density at radius 2 is 2.00 bits per heavy atom. The lowest BCUT2D eigenvalue weighted by molar-refractivity contribution is -0.150. The fraction of sp³-hybridized carbons (Fsp3) is 0.481. The van der Waals surface area contributed by atoms with Crippen LogP contribution in [0.4, 0.5) is 0 Å². The van der Waals surface area contributed by atoms with Gasteiger partial charge < -0.3 is 14.7 Å². The van der Waals surface area contributed by atoms with E-state index in [-0.39, 0.29) is 24.2 Å². The van der Waals surface area contributed by atoms with Gasteiger partial charge >= 0.3 is 5.97 Å². The lowest BCUT2D eigenvalue weighted by Gasteiger charge is -2.39. The molecule has 34 heavy (non-hydrogen) atoms. The van der Waals surface area contributed by atoms with Crippen molar-refractivity contribution >= 4 is 11.9 Å². The summed E-state index contributed by atoms with van der Waals surface area (Å²) in [7, 11) is 1.55. The molecule has 1 aromatic carbocycles. The van der Waals surface area contributed by atoms with Crippen molar-refractivity contribution in [2.75, 3.05) is 7.11 Å². The van der Waals surface area contributed by atoms with Gasteiger partial charge in [-0.1, -0.05) is 46.8 Å². The summed E-state index contributed by atoms with van der Waals surface area (Å²) >= 11 is 0. The lowest BCUT2D eigenvalue weighted by Crippen LogP contribution is -2.54. The summed E-state index contributed by atoms with van der Waals surface area (Å²) in [4.78, 5) is 32.7. The second-order valence-electron chi connectivity index (χ2n) is 10.4. The highest BCUT2D eigenvalue weighted by Crippen LogP contribution is 2.50. The van der Waals surface area contributed by atoms with E-state index in [0.717, 1.165) is 5.56 Å². The number of benzene rings is 1. The highest BCUT2D eigenvalue weighted by atomic mass is 16.5. The van der Waals surface area contributed by atoms with Gasteiger partial charge in [0.1, 0.15) is 11.3 Å². The van der Waals surface area contributed by atoms with Crippen LogP contribution in [0.3, 0.4) is 0 Å². The van der Waals surface area contributed by atoms with Gasteiger partial charge in [-0.15, -0.1) is 0 Å². The van der Waals surface area contributed by atoms with E-state index in [1.54, 1.807) is 43.6 Å². The molecule has 0 aliphatic carbocycles. The first-order valence-corrected chi connectivity index (χ1v) is 11.5. The summed E-state index contributed by atoms with van der Waals surface area (Å²) in [6.45, 7) is 10.0. The van der Waals surface area contributed by atoms with Gasteiger partial charge in [-0.3, -0.25) is 9.78 Å². The van der Waals surface area contributed by atoms with Crippen LogP contribution in [-0.4, -0.2) is 39.5 Å². The van der Waals surface area contributed by atoms with Crippen molar-refractivity contribution in [2.45, 2.75) is 64.5 Å².